The van der Waals surface area contributed by atoms with Crippen LogP contribution in [0.4, 0.5) is 4.79 Å². The highest BCUT2D eigenvalue weighted by Crippen LogP contribution is 2.42. The van der Waals surface area contributed by atoms with Crippen LogP contribution >= 0.6 is 27.7 Å². The molecule has 1 saturated heterocycles. The number of hydrogen-bond acceptors (Lipinski definition) is 9. The average molecular weight is 663 g/mol. The van der Waals surface area contributed by atoms with Crippen molar-refractivity contribution >= 4 is 50.9 Å². The quantitative estimate of drug-likeness (QED) is 0.327. The van der Waals surface area contributed by atoms with E-state index < -0.39 is 17.2 Å². The topological polar surface area (TPSA) is 147 Å². The summed E-state index contributed by atoms with van der Waals surface area (Å²) in [6, 6.07) is 3.78. The number of nitrogens with zero attached hydrogens (tertiary/aromatic N) is 4. The molecule has 0 unspecified atom stereocenters. The van der Waals surface area contributed by atoms with E-state index >= 15 is 0 Å². The lowest BCUT2D eigenvalue weighted by atomic mass is 9.92. The molecule has 12 nitrogen and oxygen atoms in total. The van der Waals surface area contributed by atoms with Gasteiger partial charge in [-0.05, 0) is 87.9 Å². The highest BCUT2D eigenvalue weighted by molar-refractivity contribution is 9.10. The van der Waals surface area contributed by atoms with Crippen LogP contribution in [-0.4, -0.2) is 67.4 Å². The predicted molar refractivity (Wildman–Crippen MR) is 159 cm³/mol. The molecule has 0 aliphatic carbocycles. The lowest BCUT2D eigenvalue weighted by molar-refractivity contribution is -0.138. The monoisotopic (exact) mass is 661 g/mol. The molecule has 2 aromatic heterocycles. The Labute approximate surface area is 256 Å². The second-order valence-corrected chi connectivity index (χ2v) is 13.9. The van der Waals surface area contributed by atoms with Gasteiger partial charge in [0.05, 0.1) is 6.33 Å². The summed E-state index contributed by atoms with van der Waals surface area (Å²) in [5, 5.41) is 11.7. The molecular weight excluding hydrogens is 626 g/mol. The van der Waals surface area contributed by atoms with Gasteiger partial charge < -0.3 is 34.0 Å². The molecule has 3 N–H and O–H groups in total. The Kier molecular flexibility index (Phi) is 8.48. The second-order valence-electron chi connectivity index (χ2n) is 12.0. The molecule has 4 heterocycles. The van der Waals surface area contributed by atoms with Gasteiger partial charge in [0.15, 0.2) is 27.8 Å². The Morgan fingerprint density at radius 1 is 1.19 bits per heavy atom. The molecule has 226 valence electrons. The van der Waals surface area contributed by atoms with Gasteiger partial charge in [-0.1, -0.05) is 11.8 Å². The highest BCUT2D eigenvalue weighted by Gasteiger charge is 2.36. The van der Waals surface area contributed by atoms with E-state index in [0.717, 1.165) is 28.6 Å². The van der Waals surface area contributed by atoms with Gasteiger partial charge in [-0.2, -0.15) is 0 Å². The van der Waals surface area contributed by atoms with Gasteiger partial charge in [0.2, 0.25) is 12.7 Å². The van der Waals surface area contributed by atoms with Crippen molar-refractivity contribution in [3.05, 3.63) is 28.4 Å². The highest BCUT2D eigenvalue weighted by atomic mass is 79.9. The zero-order chi connectivity index (χ0) is 30.2. The van der Waals surface area contributed by atoms with E-state index in [9.17, 15) is 9.59 Å². The summed E-state index contributed by atoms with van der Waals surface area (Å²) in [4.78, 5) is 40.5. The first-order valence-electron chi connectivity index (χ1n) is 13.9. The van der Waals surface area contributed by atoms with Crippen LogP contribution in [0.1, 0.15) is 53.9 Å². The van der Waals surface area contributed by atoms with Crippen LogP contribution in [0.5, 0.6) is 11.5 Å². The average Bonchev–Trinajstić information content (AvgIpc) is 3.54. The summed E-state index contributed by atoms with van der Waals surface area (Å²) < 4.78 is 19.1. The van der Waals surface area contributed by atoms with Crippen molar-refractivity contribution in [3.8, 4) is 11.5 Å². The van der Waals surface area contributed by atoms with Crippen molar-refractivity contribution in [2.24, 2.45) is 5.92 Å². The molecule has 0 saturated carbocycles. The minimum Gasteiger partial charge on any atom is -0.454 e. The molecular formula is C28H36BrN7O5S. The van der Waals surface area contributed by atoms with Crippen LogP contribution < -0.4 is 20.3 Å². The van der Waals surface area contributed by atoms with E-state index in [1.54, 1.807) is 40.9 Å². The number of piperidine rings is 1. The number of rotatable bonds is 7. The molecule has 0 bridgehead atoms. The van der Waals surface area contributed by atoms with Crippen LogP contribution in [0.3, 0.4) is 0 Å². The van der Waals surface area contributed by atoms with E-state index in [-0.39, 0.29) is 18.2 Å². The number of aromatic amines is 1. The van der Waals surface area contributed by atoms with Gasteiger partial charge in [-0.3, -0.25) is 10.2 Å². The number of H-pyrrole nitrogens is 1. The molecule has 42 heavy (non-hydrogen) atoms. The van der Waals surface area contributed by atoms with Crippen LogP contribution in [0.15, 0.2) is 33.0 Å². The molecule has 2 amide bonds. The first-order chi connectivity index (χ1) is 19.8. The van der Waals surface area contributed by atoms with E-state index in [1.807, 2.05) is 21.6 Å². The van der Waals surface area contributed by atoms with Gasteiger partial charge in [0, 0.05) is 29.0 Å². The van der Waals surface area contributed by atoms with Gasteiger partial charge in [-0.15, -0.1) is 0 Å². The summed E-state index contributed by atoms with van der Waals surface area (Å²) in [6.45, 7) is 10.9. The first-order valence-corrected chi connectivity index (χ1v) is 15.5. The normalized spacial score (nSPS) is 15.7. The number of imidazole rings is 1. The number of ether oxygens (including phenoxy) is 3. The molecule has 0 atom stereocenters. The van der Waals surface area contributed by atoms with Crippen molar-refractivity contribution in [3.63, 3.8) is 0 Å². The number of benzene rings is 1. The number of likely N-dealkylation sites (tertiary alicyclic amines) is 1. The zero-order valence-electron chi connectivity index (χ0n) is 24.4. The Bertz CT molecular complexity index is 1560. The molecule has 3 aromatic rings. The summed E-state index contributed by atoms with van der Waals surface area (Å²) in [5.74, 6) is 1.69. The molecule has 2 aliphatic rings. The SMILES string of the molecule is CC(C)(C)OC(=O)NC(C)(C)C(=O)N1CCC(CCn2cnc(=N)c3[nH]c(Sc4cc5c(cc4Br)OCO5)nc32)CC1. The minimum atomic E-state index is -1.06. The van der Waals surface area contributed by atoms with Crippen molar-refractivity contribution in [1.82, 2.24) is 29.7 Å². The van der Waals surface area contributed by atoms with Gasteiger partial charge in [0.1, 0.15) is 16.7 Å². The molecule has 5 rings (SSSR count). The largest absolute Gasteiger partial charge is 0.454 e. The van der Waals surface area contributed by atoms with Crippen molar-refractivity contribution < 1.29 is 23.8 Å². The lowest BCUT2D eigenvalue weighted by Gasteiger charge is -2.37. The number of aromatic nitrogens is 4. The first kappa shape index (κ1) is 30.2. The van der Waals surface area contributed by atoms with Crippen LogP contribution in [0.2, 0.25) is 0 Å². The van der Waals surface area contributed by atoms with Crippen LogP contribution in [-0.2, 0) is 16.1 Å². The number of halogens is 1. The number of fused-ring (bicyclic) bond motifs is 2. The smallest absolute Gasteiger partial charge is 0.408 e. The molecule has 1 aromatic carbocycles. The predicted octanol–water partition coefficient (Wildman–Crippen LogP) is 4.81. The summed E-state index contributed by atoms with van der Waals surface area (Å²) in [5.41, 5.74) is -0.303. The number of aryl methyl sites for hydroxylation is 1. The van der Waals surface area contributed by atoms with E-state index in [4.69, 9.17) is 24.6 Å². The minimum absolute atomic E-state index is 0.117. The van der Waals surface area contributed by atoms with Crippen molar-refractivity contribution in [2.45, 2.75) is 81.6 Å². The van der Waals surface area contributed by atoms with Gasteiger partial charge in [0.25, 0.3) is 0 Å². The Balaban J connectivity index is 1.19. The molecule has 1 fully saturated rings. The standard InChI is InChI=1S/C28H36BrN7O5S/c1-27(2,3)41-26(38)34-28(4,5)24(37)35-9-6-16(7-10-35)8-11-36-14-31-22(30)21-23(36)33-25(32-21)42-20-13-19-18(12-17(20)29)39-15-40-19/h12-14,16,30H,6-11,15H2,1-5H3,(H,32,33)(H,34,38). The van der Waals surface area contributed by atoms with Gasteiger partial charge in [-0.25, -0.2) is 14.8 Å². The lowest BCUT2D eigenvalue weighted by Crippen LogP contribution is -2.57. The third-order valence-corrected chi connectivity index (χ3v) is 9.02. The molecule has 0 spiro atoms. The molecule has 0 radical (unpaired) electrons. The van der Waals surface area contributed by atoms with Crippen molar-refractivity contribution in [2.75, 3.05) is 19.9 Å². The third-order valence-electron chi connectivity index (χ3n) is 7.16. The zero-order valence-corrected chi connectivity index (χ0v) is 26.8. The number of amides is 2. The fraction of sp³-hybridized carbons (Fsp3) is 0.536. The molecule has 14 heteroatoms. The van der Waals surface area contributed by atoms with Crippen LogP contribution in [0.25, 0.3) is 11.2 Å². The number of alkyl carbamates (subject to hydrolysis) is 1. The number of nitrogens with one attached hydrogen (secondary N) is 3. The fourth-order valence-electron chi connectivity index (χ4n) is 5.01. The number of hydrogen-bond donors (Lipinski definition) is 3. The Hall–Kier alpha value is -3.26. The summed E-state index contributed by atoms with van der Waals surface area (Å²) >= 11 is 5.03. The maximum atomic E-state index is 13.2. The second kappa shape index (κ2) is 11.8. The Morgan fingerprint density at radius 3 is 2.57 bits per heavy atom. The van der Waals surface area contributed by atoms with E-state index in [0.29, 0.717) is 53.4 Å². The molecule has 2 aliphatic heterocycles. The van der Waals surface area contributed by atoms with E-state index in [2.05, 4.69) is 31.2 Å². The van der Waals surface area contributed by atoms with Crippen LogP contribution in [0, 0.1) is 11.3 Å². The van der Waals surface area contributed by atoms with Gasteiger partial charge >= 0.3 is 6.09 Å². The fourth-order valence-corrected chi connectivity index (χ4v) is 6.39. The van der Waals surface area contributed by atoms with E-state index in [1.165, 1.54) is 11.8 Å². The maximum Gasteiger partial charge on any atom is 0.408 e. The number of carbonyl (C=O) groups is 2. The van der Waals surface area contributed by atoms with Crippen molar-refractivity contribution in [1.29, 1.82) is 5.41 Å². The maximum absolute atomic E-state index is 13.2. The Morgan fingerprint density at radius 2 is 1.88 bits per heavy atom. The number of carbonyl (C=O) groups excluding carboxylic acids is 2. The third kappa shape index (κ3) is 6.86. The summed E-state index contributed by atoms with van der Waals surface area (Å²) in [7, 11) is 0. The summed E-state index contributed by atoms with van der Waals surface area (Å²) in [6.07, 6.45) is 3.68.